The largest absolute Gasteiger partial charge is 0.316 e. The topological polar surface area (TPSA) is 42.7 Å². The molecule has 2 unspecified atom stereocenters. The summed E-state index contributed by atoms with van der Waals surface area (Å²) in [5.74, 6) is 1.69. The Kier molecular flexibility index (Phi) is 4.40. The number of nitrogens with one attached hydrogen (secondary N) is 1. The first-order chi connectivity index (χ1) is 10.2. The van der Waals surface area contributed by atoms with Gasteiger partial charge in [-0.15, -0.1) is 11.3 Å². The normalized spacial score (nSPS) is 19.7. The van der Waals surface area contributed by atoms with Gasteiger partial charge < -0.3 is 5.32 Å². The SMILES string of the molecule is CNC(Cc1ncnn1C(C)C)C1CCCc2sccc21. The van der Waals surface area contributed by atoms with Crippen molar-refractivity contribution in [3.05, 3.63) is 34.0 Å². The Hall–Kier alpha value is -1.20. The molecule has 2 heterocycles. The maximum atomic E-state index is 4.48. The van der Waals surface area contributed by atoms with E-state index in [1.807, 2.05) is 16.0 Å². The molecule has 0 bridgehead atoms. The van der Waals surface area contributed by atoms with E-state index in [4.69, 9.17) is 0 Å². The molecule has 114 valence electrons. The van der Waals surface area contributed by atoms with Crippen molar-refractivity contribution in [1.82, 2.24) is 20.1 Å². The van der Waals surface area contributed by atoms with Gasteiger partial charge >= 0.3 is 0 Å². The number of thiophene rings is 1. The maximum absolute atomic E-state index is 4.48. The molecular formula is C16H24N4S. The van der Waals surface area contributed by atoms with Gasteiger partial charge in [0.15, 0.2) is 0 Å². The molecule has 5 heteroatoms. The third-order valence-corrected chi connectivity index (χ3v) is 5.49. The van der Waals surface area contributed by atoms with Crippen molar-refractivity contribution < 1.29 is 0 Å². The molecule has 2 aromatic rings. The zero-order valence-corrected chi connectivity index (χ0v) is 13.9. The summed E-state index contributed by atoms with van der Waals surface area (Å²) in [4.78, 5) is 6.06. The van der Waals surface area contributed by atoms with Gasteiger partial charge in [0.05, 0.1) is 0 Å². The molecule has 0 radical (unpaired) electrons. The Labute approximate surface area is 130 Å². The van der Waals surface area contributed by atoms with Crippen LogP contribution in [0, 0.1) is 0 Å². The Morgan fingerprint density at radius 3 is 3.10 bits per heavy atom. The standard InChI is InChI=1S/C16H24N4S/c1-11(2)20-16(18-10-19-20)9-14(17-3)12-5-4-6-15-13(12)7-8-21-15/h7-8,10-12,14,17H,4-6,9H2,1-3H3. The van der Waals surface area contributed by atoms with E-state index in [9.17, 15) is 0 Å². The predicted molar refractivity (Wildman–Crippen MR) is 87.0 cm³/mol. The van der Waals surface area contributed by atoms with E-state index < -0.39 is 0 Å². The molecular weight excluding hydrogens is 280 g/mol. The van der Waals surface area contributed by atoms with Crippen LogP contribution in [-0.4, -0.2) is 27.9 Å². The minimum absolute atomic E-state index is 0.364. The van der Waals surface area contributed by atoms with E-state index in [1.54, 1.807) is 16.8 Å². The highest BCUT2D eigenvalue weighted by molar-refractivity contribution is 7.10. The van der Waals surface area contributed by atoms with Crippen LogP contribution in [0.15, 0.2) is 17.8 Å². The minimum Gasteiger partial charge on any atom is -0.316 e. The molecule has 0 saturated heterocycles. The zero-order chi connectivity index (χ0) is 14.8. The highest BCUT2D eigenvalue weighted by atomic mass is 32.1. The summed E-state index contributed by atoms with van der Waals surface area (Å²) in [7, 11) is 2.07. The summed E-state index contributed by atoms with van der Waals surface area (Å²) in [6, 6.07) is 3.12. The molecule has 1 aliphatic rings. The first kappa shape index (κ1) is 14.7. The number of aromatic nitrogens is 3. The van der Waals surface area contributed by atoms with E-state index in [0.717, 1.165) is 12.2 Å². The third kappa shape index (κ3) is 2.90. The molecule has 0 spiro atoms. The van der Waals surface area contributed by atoms with Gasteiger partial charge in [-0.25, -0.2) is 9.67 Å². The molecule has 21 heavy (non-hydrogen) atoms. The molecule has 1 aliphatic carbocycles. The van der Waals surface area contributed by atoms with Crippen LogP contribution < -0.4 is 5.32 Å². The fourth-order valence-corrected chi connectivity index (χ4v) is 4.43. The minimum atomic E-state index is 0.364. The van der Waals surface area contributed by atoms with Crippen molar-refractivity contribution in [2.45, 2.75) is 57.5 Å². The molecule has 0 amide bonds. The molecule has 2 atom stereocenters. The summed E-state index contributed by atoms with van der Waals surface area (Å²) in [5.41, 5.74) is 1.56. The number of rotatable bonds is 5. The average molecular weight is 304 g/mol. The summed E-state index contributed by atoms with van der Waals surface area (Å²) < 4.78 is 2.04. The van der Waals surface area contributed by atoms with Crippen LogP contribution in [0.1, 0.15) is 54.9 Å². The fourth-order valence-electron chi connectivity index (χ4n) is 3.43. The van der Waals surface area contributed by atoms with Crippen molar-refractivity contribution in [1.29, 1.82) is 0 Å². The number of hydrogen-bond donors (Lipinski definition) is 1. The smallest absolute Gasteiger partial charge is 0.138 e. The van der Waals surface area contributed by atoms with Gasteiger partial charge in [0.2, 0.25) is 0 Å². The van der Waals surface area contributed by atoms with Crippen molar-refractivity contribution in [2.24, 2.45) is 0 Å². The van der Waals surface area contributed by atoms with Crippen LogP contribution in [-0.2, 0) is 12.8 Å². The number of likely N-dealkylation sites (N-methyl/N-ethyl adjacent to an activating group) is 1. The predicted octanol–water partition coefficient (Wildman–Crippen LogP) is 3.17. The maximum Gasteiger partial charge on any atom is 0.138 e. The van der Waals surface area contributed by atoms with Gasteiger partial charge in [-0.05, 0) is 57.2 Å². The Balaban J connectivity index is 1.82. The van der Waals surface area contributed by atoms with Gasteiger partial charge in [-0.1, -0.05) is 0 Å². The molecule has 0 aromatic carbocycles. The van der Waals surface area contributed by atoms with Crippen LogP contribution in [0.3, 0.4) is 0 Å². The van der Waals surface area contributed by atoms with Gasteiger partial charge in [0.1, 0.15) is 12.2 Å². The second-order valence-electron chi connectivity index (χ2n) is 6.11. The molecule has 0 saturated carbocycles. The second-order valence-corrected chi connectivity index (χ2v) is 7.11. The Morgan fingerprint density at radius 2 is 2.33 bits per heavy atom. The van der Waals surface area contributed by atoms with Crippen LogP contribution >= 0.6 is 11.3 Å². The number of hydrogen-bond acceptors (Lipinski definition) is 4. The van der Waals surface area contributed by atoms with E-state index in [-0.39, 0.29) is 0 Å². The lowest BCUT2D eigenvalue weighted by Crippen LogP contribution is -2.36. The van der Waals surface area contributed by atoms with Crippen LogP contribution in [0.4, 0.5) is 0 Å². The van der Waals surface area contributed by atoms with Crippen molar-refractivity contribution in [2.75, 3.05) is 7.05 Å². The van der Waals surface area contributed by atoms with Gasteiger partial charge in [-0.2, -0.15) is 5.10 Å². The lowest BCUT2D eigenvalue weighted by atomic mass is 9.81. The summed E-state index contributed by atoms with van der Waals surface area (Å²) in [5, 5.41) is 10.1. The number of nitrogens with zero attached hydrogens (tertiary/aromatic N) is 3. The Morgan fingerprint density at radius 1 is 1.48 bits per heavy atom. The molecule has 0 fully saturated rings. The lowest BCUT2D eigenvalue weighted by molar-refractivity contribution is 0.394. The molecule has 3 rings (SSSR count). The first-order valence-electron chi connectivity index (χ1n) is 7.82. The molecule has 2 aromatic heterocycles. The van der Waals surface area contributed by atoms with E-state index in [2.05, 4.69) is 47.7 Å². The van der Waals surface area contributed by atoms with Crippen LogP contribution in [0.5, 0.6) is 0 Å². The van der Waals surface area contributed by atoms with Gasteiger partial charge in [0.25, 0.3) is 0 Å². The van der Waals surface area contributed by atoms with Crippen molar-refractivity contribution in [3.8, 4) is 0 Å². The van der Waals surface area contributed by atoms with Crippen LogP contribution in [0.25, 0.3) is 0 Å². The summed E-state index contributed by atoms with van der Waals surface area (Å²) in [6.07, 6.45) is 6.44. The summed E-state index contributed by atoms with van der Waals surface area (Å²) in [6.45, 7) is 4.31. The van der Waals surface area contributed by atoms with Crippen molar-refractivity contribution in [3.63, 3.8) is 0 Å². The van der Waals surface area contributed by atoms with Crippen molar-refractivity contribution >= 4 is 11.3 Å². The lowest BCUT2D eigenvalue weighted by Gasteiger charge is -2.30. The Bertz CT molecular complexity index is 587. The molecule has 0 aliphatic heterocycles. The quantitative estimate of drug-likeness (QED) is 0.922. The number of aryl methyl sites for hydroxylation is 1. The molecule has 1 N–H and O–H groups in total. The average Bonchev–Trinajstić information content (AvgIpc) is 3.12. The second kappa shape index (κ2) is 6.28. The number of fused-ring (bicyclic) bond motifs is 1. The van der Waals surface area contributed by atoms with E-state index >= 15 is 0 Å². The fraction of sp³-hybridized carbons (Fsp3) is 0.625. The highest BCUT2D eigenvalue weighted by Gasteiger charge is 2.29. The van der Waals surface area contributed by atoms with Gasteiger partial charge in [0, 0.05) is 29.3 Å². The van der Waals surface area contributed by atoms with E-state index in [1.165, 1.54) is 19.3 Å². The van der Waals surface area contributed by atoms with E-state index in [0.29, 0.717) is 18.0 Å². The third-order valence-electron chi connectivity index (χ3n) is 4.49. The zero-order valence-electron chi connectivity index (χ0n) is 13.0. The van der Waals surface area contributed by atoms with Gasteiger partial charge in [-0.3, -0.25) is 0 Å². The monoisotopic (exact) mass is 304 g/mol. The van der Waals surface area contributed by atoms with Crippen LogP contribution in [0.2, 0.25) is 0 Å². The molecule has 4 nitrogen and oxygen atoms in total. The first-order valence-corrected chi connectivity index (χ1v) is 8.70. The summed E-state index contributed by atoms with van der Waals surface area (Å²) >= 11 is 1.91. The highest BCUT2D eigenvalue weighted by Crippen LogP contribution is 2.37.